The number of carbonyl (C=O) groups excluding carboxylic acids is 1. The van der Waals surface area contributed by atoms with Crippen molar-refractivity contribution in [2.45, 2.75) is 10.7 Å². The van der Waals surface area contributed by atoms with Gasteiger partial charge in [-0.1, -0.05) is 42.1 Å². The van der Waals surface area contributed by atoms with Crippen molar-refractivity contribution in [2.75, 3.05) is 19.9 Å². The largest absolute Gasteiger partial charge is 0.467 e. The lowest BCUT2D eigenvalue weighted by molar-refractivity contribution is -0.147. The van der Waals surface area contributed by atoms with Crippen molar-refractivity contribution in [1.82, 2.24) is 20.1 Å². The molecule has 0 saturated carbocycles. The molecule has 6 nitrogen and oxygen atoms in total. The van der Waals surface area contributed by atoms with Crippen LogP contribution in [0.2, 0.25) is 0 Å². The third-order valence-electron chi connectivity index (χ3n) is 3.31. The monoisotopic (exact) mass is 306 g/mol. The molecule has 21 heavy (non-hydrogen) atoms. The molecule has 1 heterocycles. The summed E-state index contributed by atoms with van der Waals surface area (Å²) < 4.78 is 6.82. The number of methoxy groups -OCH3 is 1. The number of esters is 1. The number of likely N-dealkylation sites (N-methyl/N-ethyl adjacent to an activating group) is 1. The third-order valence-corrected chi connectivity index (χ3v) is 4.52. The van der Waals surface area contributed by atoms with E-state index in [1.54, 1.807) is 13.4 Å². The Bertz CT molecular complexity index is 602. The van der Waals surface area contributed by atoms with E-state index in [0.717, 1.165) is 10.7 Å². The number of aromatic nitrogens is 3. The molecular formula is C14H18N4O2S. The van der Waals surface area contributed by atoms with E-state index in [0.29, 0.717) is 5.75 Å². The molecular weight excluding hydrogens is 288 g/mol. The molecule has 112 valence electrons. The first kappa shape index (κ1) is 15.5. The number of benzene rings is 1. The average Bonchev–Trinajstić information content (AvgIpc) is 2.94. The summed E-state index contributed by atoms with van der Waals surface area (Å²) in [7, 11) is 5.01. The fraction of sp³-hybridized carbons (Fsp3) is 0.357. The number of nitrogens with one attached hydrogen (secondary N) is 1. The summed E-state index contributed by atoms with van der Waals surface area (Å²) in [5.74, 6) is 0.123. The molecule has 0 spiro atoms. The molecule has 1 unspecified atom stereocenters. The molecule has 0 aliphatic carbocycles. The Morgan fingerprint density at radius 2 is 2.14 bits per heavy atom. The van der Waals surface area contributed by atoms with Crippen LogP contribution in [-0.2, 0) is 22.1 Å². The summed E-state index contributed by atoms with van der Waals surface area (Å²) in [5.41, 5.74) is -0.0684. The smallest absolute Gasteiger partial charge is 0.331 e. The van der Waals surface area contributed by atoms with Gasteiger partial charge in [0.05, 0.1) is 7.11 Å². The van der Waals surface area contributed by atoms with Crippen LogP contribution in [0, 0.1) is 0 Å². The highest BCUT2D eigenvalue weighted by Crippen LogP contribution is 2.29. The molecule has 1 aromatic heterocycles. The molecule has 1 atom stereocenters. The molecule has 0 aliphatic rings. The fourth-order valence-corrected chi connectivity index (χ4v) is 3.18. The second-order valence-corrected chi connectivity index (χ2v) is 5.47. The van der Waals surface area contributed by atoms with Crippen LogP contribution >= 0.6 is 11.8 Å². The molecule has 0 radical (unpaired) electrons. The van der Waals surface area contributed by atoms with Crippen molar-refractivity contribution in [3.63, 3.8) is 0 Å². The molecule has 7 heteroatoms. The van der Waals surface area contributed by atoms with Gasteiger partial charge in [-0.15, -0.1) is 10.2 Å². The van der Waals surface area contributed by atoms with Gasteiger partial charge in [0, 0.05) is 12.8 Å². The first-order chi connectivity index (χ1) is 10.1. The van der Waals surface area contributed by atoms with Crippen LogP contribution in [0.5, 0.6) is 0 Å². The number of hydrogen-bond donors (Lipinski definition) is 1. The van der Waals surface area contributed by atoms with Crippen molar-refractivity contribution in [3.8, 4) is 0 Å². The van der Waals surface area contributed by atoms with Crippen LogP contribution in [0.3, 0.4) is 0 Å². The summed E-state index contributed by atoms with van der Waals surface area (Å²) in [5, 5.41) is 11.7. The van der Waals surface area contributed by atoms with Crippen molar-refractivity contribution < 1.29 is 9.53 Å². The van der Waals surface area contributed by atoms with E-state index in [-0.39, 0.29) is 5.97 Å². The number of aryl methyl sites for hydroxylation is 1. The van der Waals surface area contributed by atoms with Crippen molar-refractivity contribution in [2.24, 2.45) is 7.05 Å². The third kappa shape index (κ3) is 3.08. The molecule has 0 aliphatic heterocycles. The lowest BCUT2D eigenvalue weighted by Crippen LogP contribution is -2.50. The predicted octanol–water partition coefficient (Wildman–Crippen LogP) is 1.20. The van der Waals surface area contributed by atoms with Crippen LogP contribution in [0.1, 0.15) is 5.56 Å². The lowest BCUT2D eigenvalue weighted by Gasteiger charge is -2.30. The number of nitrogens with zero attached hydrogens (tertiary/aromatic N) is 3. The Balaban J connectivity index is 2.32. The normalized spacial score (nSPS) is 13.7. The molecule has 0 bridgehead atoms. The van der Waals surface area contributed by atoms with Gasteiger partial charge in [-0.05, 0) is 12.6 Å². The number of hydrogen-bond acceptors (Lipinski definition) is 6. The van der Waals surface area contributed by atoms with Crippen LogP contribution in [0.25, 0.3) is 0 Å². The van der Waals surface area contributed by atoms with Gasteiger partial charge in [0.15, 0.2) is 10.7 Å². The lowest BCUT2D eigenvalue weighted by atomic mass is 9.92. The zero-order valence-electron chi connectivity index (χ0n) is 12.2. The molecule has 1 aromatic carbocycles. The van der Waals surface area contributed by atoms with Gasteiger partial charge in [0.2, 0.25) is 0 Å². The summed E-state index contributed by atoms with van der Waals surface area (Å²) in [6, 6.07) is 9.53. The quantitative estimate of drug-likeness (QED) is 0.639. The van der Waals surface area contributed by atoms with Gasteiger partial charge in [0.25, 0.3) is 0 Å². The van der Waals surface area contributed by atoms with Crippen molar-refractivity contribution >= 4 is 17.7 Å². The molecule has 0 amide bonds. The van der Waals surface area contributed by atoms with Gasteiger partial charge in [-0.2, -0.15) is 0 Å². The average molecular weight is 306 g/mol. The number of thioether (sulfide) groups is 1. The highest BCUT2D eigenvalue weighted by atomic mass is 32.2. The van der Waals surface area contributed by atoms with Gasteiger partial charge >= 0.3 is 5.97 Å². The molecule has 0 fully saturated rings. The van der Waals surface area contributed by atoms with E-state index in [1.165, 1.54) is 18.9 Å². The van der Waals surface area contributed by atoms with E-state index in [2.05, 4.69) is 15.5 Å². The predicted molar refractivity (Wildman–Crippen MR) is 80.9 cm³/mol. The summed E-state index contributed by atoms with van der Waals surface area (Å²) in [6.07, 6.45) is 1.63. The molecule has 2 aromatic rings. The zero-order chi connectivity index (χ0) is 15.3. The Kier molecular flexibility index (Phi) is 4.98. The van der Waals surface area contributed by atoms with Crippen molar-refractivity contribution in [3.05, 3.63) is 42.2 Å². The maximum Gasteiger partial charge on any atom is 0.331 e. The van der Waals surface area contributed by atoms with Gasteiger partial charge < -0.3 is 14.6 Å². The second-order valence-electron chi connectivity index (χ2n) is 4.53. The SMILES string of the molecule is CNC(CSc1nncn1C)(C(=O)OC)c1ccccc1. The maximum atomic E-state index is 12.4. The Morgan fingerprint density at radius 1 is 1.43 bits per heavy atom. The standard InChI is InChI=1S/C14H18N4O2S/c1-15-14(12(19)20-3,11-7-5-4-6-8-11)9-21-13-17-16-10-18(13)2/h4-8,10,15H,9H2,1-3H3. The van der Waals surface area contributed by atoms with Crippen LogP contribution in [-0.4, -0.2) is 40.6 Å². The first-order valence-electron chi connectivity index (χ1n) is 6.43. The zero-order valence-corrected chi connectivity index (χ0v) is 13.1. The summed E-state index contributed by atoms with van der Waals surface area (Å²) in [6.45, 7) is 0. The van der Waals surface area contributed by atoms with Crippen LogP contribution in [0.15, 0.2) is 41.8 Å². The maximum absolute atomic E-state index is 12.4. The Hall–Kier alpha value is -1.86. The van der Waals surface area contributed by atoms with E-state index in [1.807, 2.05) is 41.9 Å². The van der Waals surface area contributed by atoms with E-state index in [9.17, 15) is 4.79 Å². The van der Waals surface area contributed by atoms with Gasteiger partial charge in [0.1, 0.15) is 6.33 Å². The summed E-state index contributed by atoms with van der Waals surface area (Å²) in [4.78, 5) is 12.4. The second kappa shape index (κ2) is 6.73. The van der Waals surface area contributed by atoms with Gasteiger partial charge in [-0.25, -0.2) is 4.79 Å². The van der Waals surface area contributed by atoms with Crippen LogP contribution < -0.4 is 5.32 Å². The van der Waals surface area contributed by atoms with E-state index in [4.69, 9.17) is 4.74 Å². The number of ether oxygens (including phenoxy) is 1. The summed E-state index contributed by atoms with van der Waals surface area (Å²) >= 11 is 1.45. The Morgan fingerprint density at radius 3 is 2.67 bits per heavy atom. The van der Waals surface area contributed by atoms with Crippen molar-refractivity contribution in [1.29, 1.82) is 0 Å². The minimum Gasteiger partial charge on any atom is -0.467 e. The Labute approximate surface area is 127 Å². The fourth-order valence-electron chi connectivity index (χ4n) is 2.05. The first-order valence-corrected chi connectivity index (χ1v) is 7.42. The molecule has 2 rings (SSSR count). The number of rotatable bonds is 6. The van der Waals surface area contributed by atoms with E-state index >= 15 is 0 Å². The van der Waals surface area contributed by atoms with Gasteiger partial charge in [-0.3, -0.25) is 0 Å². The highest BCUT2D eigenvalue weighted by Gasteiger charge is 2.40. The topological polar surface area (TPSA) is 69.0 Å². The minimum absolute atomic E-state index is 0.328. The van der Waals surface area contributed by atoms with Crippen LogP contribution in [0.4, 0.5) is 0 Å². The minimum atomic E-state index is -0.924. The molecule has 1 N–H and O–H groups in total. The van der Waals surface area contributed by atoms with E-state index < -0.39 is 5.54 Å². The number of carbonyl (C=O) groups is 1. The molecule has 0 saturated heterocycles. The highest BCUT2D eigenvalue weighted by molar-refractivity contribution is 7.99.